The Kier molecular flexibility index (Phi) is 5.14. The molecule has 0 aliphatic carbocycles. The van der Waals surface area contributed by atoms with Crippen molar-refractivity contribution in [1.82, 2.24) is 14.7 Å². The molecule has 33 heavy (non-hydrogen) atoms. The summed E-state index contributed by atoms with van der Waals surface area (Å²) in [6, 6.07) is 16.2. The van der Waals surface area contributed by atoms with Gasteiger partial charge in [-0.2, -0.15) is 4.98 Å². The quantitative estimate of drug-likeness (QED) is 0.501. The van der Waals surface area contributed by atoms with Gasteiger partial charge >= 0.3 is 0 Å². The lowest BCUT2D eigenvalue weighted by atomic mass is 10.1. The van der Waals surface area contributed by atoms with Gasteiger partial charge in [0.05, 0.1) is 0 Å². The van der Waals surface area contributed by atoms with Crippen LogP contribution >= 0.6 is 0 Å². The van der Waals surface area contributed by atoms with Crippen molar-refractivity contribution in [3.8, 4) is 34.3 Å². The van der Waals surface area contributed by atoms with E-state index in [9.17, 15) is 9.59 Å². The van der Waals surface area contributed by atoms with Crippen LogP contribution in [0.25, 0.3) is 22.8 Å². The Morgan fingerprint density at radius 3 is 2.67 bits per heavy atom. The number of aryl methyl sites for hydroxylation is 2. The molecule has 0 atom stereocenters. The second-order valence-electron chi connectivity index (χ2n) is 7.64. The molecule has 0 fully saturated rings. The van der Waals surface area contributed by atoms with Crippen molar-refractivity contribution in [2.24, 2.45) is 0 Å². The number of amides is 1. The van der Waals surface area contributed by atoms with Gasteiger partial charge in [-0.25, -0.2) is 0 Å². The molecule has 166 valence electrons. The van der Waals surface area contributed by atoms with Crippen LogP contribution in [0.15, 0.2) is 63.9 Å². The summed E-state index contributed by atoms with van der Waals surface area (Å²) in [6.07, 6.45) is 0. The first-order valence-corrected chi connectivity index (χ1v) is 10.3. The molecule has 9 heteroatoms. The maximum absolute atomic E-state index is 13.3. The Morgan fingerprint density at radius 2 is 1.85 bits per heavy atom. The molecule has 1 aliphatic heterocycles. The molecule has 1 aliphatic rings. The van der Waals surface area contributed by atoms with Crippen LogP contribution in [0.2, 0.25) is 0 Å². The predicted molar refractivity (Wildman–Crippen MR) is 120 cm³/mol. The molecule has 0 saturated heterocycles. The molecule has 5 rings (SSSR count). The first-order chi connectivity index (χ1) is 16.0. The standard InChI is InChI=1S/C24H20N4O5/c1-14-10-15(2)28(12-20(29)25-17-6-4-3-5-7-17)24(30)21(14)23-26-22(27-33-23)16-8-9-18-19(11-16)32-13-31-18/h3-11H,12-13H2,1-2H3,(H,25,29). The molecule has 0 unspecified atom stereocenters. The van der Waals surface area contributed by atoms with E-state index >= 15 is 0 Å². The topological polar surface area (TPSA) is 108 Å². The third-order valence-corrected chi connectivity index (χ3v) is 5.33. The van der Waals surface area contributed by atoms with Gasteiger partial charge in [-0.15, -0.1) is 0 Å². The van der Waals surface area contributed by atoms with Crippen molar-refractivity contribution in [3.63, 3.8) is 0 Å². The number of carbonyl (C=O) groups excluding carboxylic acids is 1. The van der Waals surface area contributed by atoms with Gasteiger partial charge in [0, 0.05) is 16.9 Å². The van der Waals surface area contributed by atoms with Crippen molar-refractivity contribution >= 4 is 11.6 Å². The minimum atomic E-state index is -0.378. The zero-order chi connectivity index (χ0) is 22.9. The van der Waals surface area contributed by atoms with E-state index in [1.54, 1.807) is 44.2 Å². The fraction of sp³-hybridized carbons (Fsp3) is 0.167. The van der Waals surface area contributed by atoms with E-state index in [-0.39, 0.29) is 36.3 Å². The van der Waals surface area contributed by atoms with Crippen LogP contribution in [0.4, 0.5) is 5.69 Å². The van der Waals surface area contributed by atoms with E-state index in [2.05, 4.69) is 15.5 Å². The van der Waals surface area contributed by atoms with Crippen LogP contribution < -0.4 is 20.3 Å². The Hall–Kier alpha value is -4.40. The molecule has 2 aromatic carbocycles. The molecule has 0 bridgehead atoms. The molecule has 3 heterocycles. The number of nitrogens with one attached hydrogen (secondary N) is 1. The minimum absolute atomic E-state index is 0.0855. The van der Waals surface area contributed by atoms with Gasteiger partial charge in [0.25, 0.3) is 11.4 Å². The van der Waals surface area contributed by atoms with Crippen LogP contribution in [0.5, 0.6) is 11.5 Å². The molecular formula is C24H20N4O5. The summed E-state index contributed by atoms with van der Waals surface area (Å²) in [5, 5.41) is 6.82. The van der Waals surface area contributed by atoms with Gasteiger partial charge in [0.1, 0.15) is 12.1 Å². The Labute approximate surface area is 188 Å². The monoisotopic (exact) mass is 444 g/mol. The summed E-state index contributed by atoms with van der Waals surface area (Å²) in [6.45, 7) is 3.59. The number of hydrogen-bond donors (Lipinski definition) is 1. The highest BCUT2D eigenvalue weighted by atomic mass is 16.7. The lowest BCUT2D eigenvalue weighted by Crippen LogP contribution is -2.30. The summed E-state index contributed by atoms with van der Waals surface area (Å²) < 4.78 is 17.6. The number of ether oxygens (including phenoxy) is 2. The number of hydrogen-bond acceptors (Lipinski definition) is 7. The normalized spacial score (nSPS) is 12.1. The van der Waals surface area contributed by atoms with E-state index in [4.69, 9.17) is 14.0 Å². The van der Waals surface area contributed by atoms with E-state index in [0.717, 1.165) is 0 Å². The molecule has 4 aromatic rings. The highest BCUT2D eigenvalue weighted by Gasteiger charge is 2.21. The van der Waals surface area contributed by atoms with Gasteiger partial charge in [0.15, 0.2) is 11.5 Å². The third kappa shape index (κ3) is 3.96. The largest absolute Gasteiger partial charge is 0.454 e. The number of benzene rings is 2. The highest BCUT2D eigenvalue weighted by molar-refractivity contribution is 5.90. The van der Waals surface area contributed by atoms with E-state index in [1.807, 2.05) is 24.3 Å². The zero-order valence-electron chi connectivity index (χ0n) is 18.0. The van der Waals surface area contributed by atoms with Gasteiger partial charge in [0.2, 0.25) is 18.5 Å². The predicted octanol–water partition coefficient (Wildman–Crippen LogP) is 3.55. The molecule has 1 N–H and O–H groups in total. The lowest BCUT2D eigenvalue weighted by Gasteiger charge is -2.13. The number of aromatic nitrogens is 3. The number of para-hydroxylation sites is 1. The fourth-order valence-corrected chi connectivity index (χ4v) is 3.73. The van der Waals surface area contributed by atoms with Crippen LogP contribution in [-0.4, -0.2) is 27.4 Å². The number of carbonyl (C=O) groups is 1. The van der Waals surface area contributed by atoms with Crippen molar-refractivity contribution in [1.29, 1.82) is 0 Å². The molecular weight excluding hydrogens is 424 g/mol. The average molecular weight is 444 g/mol. The Balaban J connectivity index is 1.45. The summed E-state index contributed by atoms with van der Waals surface area (Å²) in [5.41, 5.74) is 2.54. The van der Waals surface area contributed by atoms with Gasteiger partial charge < -0.3 is 23.9 Å². The fourth-order valence-electron chi connectivity index (χ4n) is 3.73. The van der Waals surface area contributed by atoms with E-state index in [0.29, 0.717) is 39.8 Å². The smallest absolute Gasteiger partial charge is 0.264 e. The van der Waals surface area contributed by atoms with Crippen LogP contribution in [0, 0.1) is 13.8 Å². The zero-order valence-corrected chi connectivity index (χ0v) is 18.0. The lowest BCUT2D eigenvalue weighted by molar-refractivity contribution is -0.116. The summed E-state index contributed by atoms with van der Waals surface area (Å²) in [4.78, 5) is 30.3. The first-order valence-electron chi connectivity index (χ1n) is 10.3. The van der Waals surface area contributed by atoms with Crippen LogP contribution in [0.1, 0.15) is 11.3 Å². The molecule has 2 aromatic heterocycles. The first kappa shape index (κ1) is 20.5. The summed E-state index contributed by atoms with van der Waals surface area (Å²) in [5.74, 6) is 1.33. The average Bonchev–Trinajstić information content (AvgIpc) is 3.46. The minimum Gasteiger partial charge on any atom is -0.454 e. The summed E-state index contributed by atoms with van der Waals surface area (Å²) in [7, 11) is 0. The van der Waals surface area contributed by atoms with E-state index in [1.165, 1.54) is 4.57 Å². The van der Waals surface area contributed by atoms with Crippen LogP contribution in [0.3, 0.4) is 0 Å². The number of pyridine rings is 1. The highest BCUT2D eigenvalue weighted by Crippen LogP contribution is 2.35. The molecule has 1 amide bonds. The third-order valence-electron chi connectivity index (χ3n) is 5.33. The van der Waals surface area contributed by atoms with Crippen molar-refractivity contribution in [2.45, 2.75) is 20.4 Å². The van der Waals surface area contributed by atoms with Gasteiger partial charge in [-0.05, 0) is 55.8 Å². The number of fused-ring (bicyclic) bond motifs is 1. The number of nitrogens with zero attached hydrogens (tertiary/aromatic N) is 3. The molecule has 0 radical (unpaired) electrons. The van der Waals surface area contributed by atoms with Crippen molar-refractivity contribution in [2.75, 3.05) is 12.1 Å². The van der Waals surface area contributed by atoms with Gasteiger partial charge in [-0.3, -0.25) is 9.59 Å². The molecule has 0 spiro atoms. The summed E-state index contributed by atoms with van der Waals surface area (Å²) >= 11 is 0. The second kappa shape index (κ2) is 8.27. The van der Waals surface area contributed by atoms with Crippen LogP contribution in [-0.2, 0) is 11.3 Å². The van der Waals surface area contributed by atoms with Crippen molar-refractivity contribution < 1.29 is 18.8 Å². The van der Waals surface area contributed by atoms with Crippen molar-refractivity contribution in [3.05, 3.63) is 76.2 Å². The SMILES string of the molecule is Cc1cc(C)n(CC(=O)Nc2ccccc2)c(=O)c1-c1nc(-c2ccc3c(c2)OCO3)no1. The van der Waals surface area contributed by atoms with Gasteiger partial charge in [-0.1, -0.05) is 23.4 Å². The second-order valence-corrected chi connectivity index (χ2v) is 7.64. The Morgan fingerprint density at radius 1 is 1.06 bits per heavy atom. The van der Waals surface area contributed by atoms with E-state index < -0.39 is 0 Å². The number of rotatable bonds is 5. The maximum Gasteiger partial charge on any atom is 0.264 e. The molecule has 0 saturated carbocycles. The maximum atomic E-state index is 13.3. The Bertz CT molecular complexity index is 1410. The molecule has 9 nitrogen and oxygen atoms in total. The number of anilines is 1.